The molecule has 0 radical (unpaired) electrons. The van der Waals surface area contributed by atoms with Gasteiger partial charge in [0.15, 0.2) is 5.82 Å². The Kier molecular flexibility index (Phi) is 4.78. The number of nitrogens with zero attached hydrogens (tertiary/aromatic N) is 2. The number of likely N-dealkylation sites (N-methyl/N-ethyl adjacent to an activating group) is 2. The molecule has 1 aromatic rings. The van der Waals surface area contributed by atoms with E-state index in [2.05, 4.69) is 15.3 Å². The van der Waals surface area contributed by atoms with Gasteiger partial charge < -0.3 is 19.9 Å². The molecule has 0 aliphatic heterocycles. The number of H-pyrrole nitrogens is 1. The van der Waals surface area contributed by atoms with Crippen LogP contribution in [0.5, 0.6) is 5.75 Å². The molecule has 1 rings (SSSR count). The van der Waals surface area contributed by atoms with Crippen LogP contribution in [0.1, 0.15) is 6.92 Å². The number of rotatable bonds is 6. The molecule has 0 unspecified atom stereocenters. The summed E-state index contributed by atoms with van der Waals surface area (Å²) >= 11 is 0. The quantitative estimate of drug-likeness (QED) is 0.659. The molecule has 0 saturated carbocycles. The third-order valence-electron chi connectivity index (χ3n) is 2.23. The third-order valence-corrected chi connectivity index (χ3v) is 2.23. The van der Waals surface area contributed by atoms with Crippen molar-refractivity contribution in [1.82, 2.24) is 15.3 Å². The number of methoxy groups -OCH3 is 1. The van der Waals surface area contributed by atoms with Crippen molar-refractivity contribution in [1.29, 1.82) is 0 Å². The summed E-state index contributed by atoms with van der Waals surface area (Å²) in [4.78, 5) is 19.9. The van der Waals surface area contributed by atoms with Crippen LogP contribution in [0.25, 0.3) is 0 Å². The van der Waals surface area contributed by atoms with E-state index in [1.807, 2.05) is 18.9 Å². The molecular weight excluding hydrogens is 208 g/mol. The summed E-state index contributed by atoms with van der Waals surface area (Å²) in [5, 5.41) is 3.20. The molecule has 0 aromatic carbocycles. The lowest BCUT2D eigenvalue weighted by Gasteiger charge is -2.19. The van der Waals surface area contributed by atoms with Crippen LogP contribution >= 0.6 is 0 Å². The Morgan fingerprint density at radius 1 is 1.62 bits per heavy atom. The predicted molar refractivity (Wildman–Crippen MR) is 63.2 cm³/mol. The molecule has 0 aliphatic carbocycles. The van der Waals surface area contributed by atoms with Crippen molar-refractivity contribution in [2.24, 2.45) is 0 Å². The first-order chi connectivity index (χ1) is 7.70. The zero-order chi connectivity index (χ0) is 12.0. The van der Waals surface area contributed by atoms with E-state index in [1.165, 1.54) is 13.4 Å². The first kappa shape index (κ1) is 12.5. The normalized spacial score (nSPS) is 10.2. The second-order valence-corrected chi connectivity index (χ2v) is 3.36. The minimum Gasteiger partial charge on any atom is -0.489 e. The summed E-state index contributed by atoms with van der Waals surface area (Å²) in [5.41, 5.74) is -0.261. The molecule has 0 spiro atoms. The average Bonchev–Trinajstić information content (AvgIpc) is 2.29. The molecule has 0 aliphatic rings. The average molecular weight is 226 g/mol. The maximum atomic E-state index is 11.4. The fraction of sp³-hybridized carbons (Fsp3) is 0.600. The Labute approximate surface area is 94.6 Å². The Morgan fingerprint density at radius 2 is 2.38 bits per heavy atom. The van der Waals surface area contributed by atoms with E-state index in [0.29, 0.717) is 5.82 Å². The van der Waals surface area contributed by atoms with Gasteiger partial charge in [0.1, 0.15) is 0 Å². The van der Waals surface area contributed by atoms with Crippen LogP contribution in [-0.2, 0) is 0 Å². The maximum absolute atomic E-state index is 11.4. The van der Waals surface area contributed by atoms with Crippen molar-refractivity contribution >= 4 is 5.82 Å². The first-order valence-electron chi connectivity index (χ1n) is 5.24. The zero-order valence-corrected chi connectivity index (χ0v) is 9.91. The smallest absolute Gasteiger partial charge is 0.295 e. The zero-order valence-electron chi connectivity index (χ0n) is 9.91. The van der Waals surface area contributed by atoms with Crippen LogP contribution in [0.3, 0.4) is 0 Å². The molecule has 0 saturated heterocycles. The van der Waals surface area contributed by atoms with Crippen molar-refractivity contribution in [2.75, 3.05) is 38.7 Å². The van der Waals surface area contributed by atoms with Crippen molar-refractivity contribution in [2.45, 2.75) is 6.92 Å². The van der Waals surface area contributed by atoms with E-state index in [4.69, 9.17) is 4.74 Å². The van der Waals surface area contributed by atoms with E-state index >= 15 is 0 Å². The SMILES string of the molecule is CCNCCN(C)c1nc[nH]c(=O)c1OC. The van der Waals surface area contributed by atoms with E-state index in [9.17, 15) is 4.79 Å². The lowest BCUT2D eigenvalue weighted by molar-refractivity contribution is 0.406. The Morgan fingerprint density at radius 3 is 3.00 bits per heavy atom. The van der Waals surface area contributed by atoms with Gasteiger partial charge in [-0.1, -0.05) is 6.92 Å². The molecule has 0 amide bonds. The van der Waals surface area contributed by atoms with Crippen LogP contribution in [0.4, 0.5) is 5.82 Å². The molecule has 0 atom stereocenters. The van der Waals surface area contributed by atoms with E-state index in [1.54, 1.807) is 0 Å². The van der Waals surface area contributed by atoms with Gasteiger partial charge in [-0.05, 0) is 6.54 Å². The highest BCUT2D eigenvalue weighted by Gasteiger charge is 2.12. The van der Waals surface area contributed by atoms with Gasteiger partial charge in [0, 0.05) is 20.1 Å². The monoisotopic (exact) mass is 226 g/mol. The number of aromatic nitrogens is 2. The maximum Gasteiger partial charge on any atom is 0.295 e. The molecule has 0 bridgehead atoms. The van der Waals surface area contributed by atoms with Gasteiger partial charge >= 0.3 is 0 Å². The van der Waals surface area contributed by atoms with Gasteiger partial charge in [0.05, 0.1) is 13.4 Å². The van der Waals surface area contributed by atoms with E-state index in [0.717, 1.165) is 19.6 Å². The lowest BCUT2D eigenvalue weighted by atomic mass is 10.4. The van der Waals surface area contributed by atoms with Crippen molar-refractivity contribution in [3.63, 3.8) is 0 Å². The number of anilines is 1. The van der Waals surface area contributed by atoms with Crippen LogP contribution < -0.4 is 20.5 Å². The summed E-state index contributed by atoms with van der Waals surface area (Å²) < 4.78 is 5.04. The first-order valence-corrected chi connectivity index (χ1v) is 5.24. The molecule has 90 valence electrons. The second kappa shape index (κ2) is 6.12. The fourth-order valence-corrected chi connectivity index (χ4v) is 1.36. The third kappa shape index (κ3) is 2.96. The van der Waals surface area contributed by atoms with Gasteiger partial charge in [-0.3, -0.25) is 4.79 Å². The van der Waals surface area contributed by atoms with E-state index < -0.39 is 0 Å². The minimum absolute atomic E-state index is 0.251. The van der Waals surface area contributed by atoms with Crippen molar-refractivity contribution in [3.8, 4) is 5.75 Å². The Balaban J connectivity index is 2.78. The van der Waals surface area contributed by atoms with Crippen molar-refractivity contribution < 1.29 is 4.74 Å². The molecule has 6 nitrogen and oxygen atoms in total. The van der Waals surface area contributed by atoms with Crippen LogP contribution in [-0.4, -0.2) is 43.8 Å². The summed E-state index contributed by atoms with van der Waals surface area (Å²) in [6, 6.07) is 0. The summed E-state index contributed by atoms with van der Waals surface area (Å²) in [6.45, 7) is 4.57. The van der Waals surface area contributed by atoms with Gasteiger partial charge in [0.2, 0.25) is 5.75 Å². The topological polar surface area (TPSA) is 70.2 Å². The highest BCUT2D eigenvalue weighted by molar-refractivity contribution is 5.49. The van der Waals surface area contributed by atoms with Crippen LogP contribution in [0.2, 0.25) is 0 Å². The second-order valence-electron chi connectivity index (χ2n) is 3.36. The fourth-order valence-electron chi connectivity index (χ4n) is 1.36. The number of ether oxygens (including phenoxy) is 1. The van der Waals surface area contributed by atoms with Gasteiger partial charge in [-0.25, -0.2) is 4.98 Å². The molecule has 1 heterocycles. The number of hydrogen-bond donors (Lipinski definition) is 2. The van der Waals surface area contributed by atoms with E-state index in [-0.39, 0.29) is 11.3 Å². The van der Waals surface area contributed by atoms with Gasteiger partial charge in [-0.15, -0.1) is 0 Å². The number of hydrogen-bond acceptors (Lipinski definition) is 5. The largest absolute Gasteiger partial charge is 0.489 e. The summed E-state index contributed by atoms with van der Waals surface area (Å²) in [6.07, 6.45) is 1.38. The molecule has 1 aromatic heterocycles. The van der Waals surface area contributed by atoms with Crippen LogP contribution in [0, 0.1) is 0 Å². The Bertz CT molecular complexity index is 377. The molecule has 0 fully saturated rings. The van der Waals surface area contributed by atoms with Crippen LogP contribution in [0.15, 0.2) is 11.1 Å². The highest BCUT2D eigenvalue weighted by Crippen LogP contribution is 2.17. The molecular formula is C10H18N4O2. The summed E-state index contributed by atoms with van der Waals surface area (Å²) in [5.74, 6) is 0.811. The number of aromatic amines is 1. The van der Waals surface area contributed by atoms with Crippen molar-refractivity contribution in [3.05, 3.63) is 16.7 Å². The number of nitrogens with one attached hydrogen (secondary N) is 2. The van der Waals surface area contributed by atoms with Gasteiger partial charge in [0.25, 0.3) is 5.56 Å². The summed E-state index contributed by atoms with van der Waals surface area (Å²) in [7, 11) is 3.34. The highest BCUT2D eigenvalue weighted by atomic mass is 16.5. The van der Waals surface area contributed by atoms with Gasteiger partial charge in [-0.2, -0.15) is 0 Å². The lowest BCUT2D eigenvalue weighted by Crippen LogP contribution is -2.30. The molecule has 2 N–H and O–H groups in total. The molecule has 16 heavy (non-hydrogen) atoms. The molecule has 6 heteroatoms. The predicted octanol–water partition coefficient (Wildman–Crippen LogP) is -0.176. The minimum atomic E-state index is -0.261. The Hall–Kier alpha value is -1.56. The standard InChI is InChI=1S/C10H18N4O2/c1-4-11-5-6-14(2)9-8(16-3)10(15)13-7-12-9/h7,11H,4-6H2,1-3H3,(H,12,13,15).